The molecule has 26 heavy (non-hydrogen) atoms. The number of nitrogens with two attached hydrogens (primary N) is 1. The van der Waals surface area contributed by atoms with Gasteiger partial charge < -0.3 is 42.1 Å². The molecule has 148 valence electrons. The summed E-state index contributed by atoms with van der Waals surface area (Å²) < 4.78 is 0. The molecule has 0 fully saturated rings. The highest BCUT2D eigenvalue weighted by atomic mass is 16.4. The number of carboxylic acids is 2. The van der Waals surface area contributed by atoms with Crippen molar-refractivity contribution < 1.29 is 44.4 Å². The fraction of sp³-hybridized carbons (Fsp3) is 0.615. The van der Waals surface area contributed by atoms with Crippen molar-refractivity contribution in [2.45, 2.75) is 37.6 Å². The number of aliphatic carboxylic acids is 2. The quantitative estimate of drug-likeness (QED) is 0.171. The zero-order valence-corrected chi connectivity index (χ0v) is 13.8. The standard InChI is InChI=1S/C13H22N4O9/c1-5(19)10(14)12(24)17-7(4-18)11(23)15-3-8(20)16-6(13(25)26)2-9(21)22/h5-7,10,18-19H,2-4,14H2,1H3,(H,15,23)(H,16,20)(H,17,24)(H,21,22)(H,25,26). The Kier molecular flexibility index (Phi) is 9.80. The minimum Gasteiger partial charge on any atom is -0.481 e. The number of nitrogens with one attached hydrogen (secondary N) is 3. The highest BCUT2D eigenvalue weighted by Crippen LogP contribution is 1.94. The van der Waals surface area contributed by atoms with Crippen LogP contribution in [0, 0.1) is 0 Å². The van der Waals surface area contributed by atoms with E-state index in [4.69, 9.17) is 21.1 Å². The molecule has 13 heteroatoms. The molecule has 4 unspecified atom stereocenters. The Morgan fingerprint density at radius 2 is 1.58 bits per heavy atom. The summed E-state index contributed by atoms with van der Waals surface area (Å²) in [5.74, 6) is -5.89. The number of carbonyl (C=O) groups is 5. The number of carboxylic acid groups (broad SMARTS) is 2. The molecule has 9 N–H and O–H groups in total. The summed E-state index contributed by atoms with van der Waals surface area (Å²) in [5.41, 5.74) is 5.37. The topological polar surface area (TPSA) is 228 Å². The van der Waals surface area contributed by atoms with Gasteiger partial charge in [0.15, 0.2) is 0 Å². The van der Waals surface area contributed by atoms with E-state index >= 15 is 0 Å². The van der Waals surface area contributed by atoms with E-state index in [1.165, 1.54) is 6.92 Å². The molecular weight excluding hydrogens is 356 g/mol. The van der Waals surface area contributed by atoms with Crippen molar-refractivity contribution in [2.24, 2.45) is 5.73 Å². The first kappa shape index (κ1) is 23.2. The maximum absolute atomic E-state index is 11.8. The molecule has 0 radical (unpaired) electrons. The van der Waals surface area contributed by atoms with E-state index in [0.717, 1.165) is 0 Å². The minimum atomic E-state index is -1.69. The van der Waals surface area contributed by atoms with Crippen molar-refractivity contribution in [3.05, 3.63) is 0 Å². The lowest BCUT2D eigenvalue weighted by Crippen LogP contribution is -2.56. The number of aliphatic hydroxyl groups excluding tert-OH is 2. The zero-order valence-electron chi connectivity index (χ0n) is 13.8. The predicted octanol–water partition coefficient (Wildman–Crippen LogP) is -4.67. The van der Waals surface area contributed by atoms with Gasteiger partial charge >= 0.3 is 11.9 Å². The summed E-state index contributed by atoms with van der Waals surface area (Å²) in [6.45, 7) is -0.307. The molecule has 0 spiro atoms. The Hall–Kier alpha value is -2.77. The molecule has 0 rings (SSSR count). The van der Waals surface area contributed by atoms with E-state index < -0.39 is 73.5 Å². The maximum Gasteiger partial charge on any atom is 0.326 e. The number of amides is 3. The Balaban J connectivity index is 4.59. The van der Waals surface area contributed by atoms with Crippen LogP contribution in [0.4, 0.5) is 0 Å². The fourth-order valence-electron chi connectivity index (χ4n) is 1.59. The number of hydrogen-bond acceptors (Lipinski definition) is 8. The number of aliphatic hydroxyl groups is 2. The average Bonchev–Trinajstić information content (AvgIpc) is 2.55. The van der Waals surface area contributed by atoms with Crippen LogP contribution in [0.5, 0.6) is 0 Å². The molecule has 3 amide bonds. The Bertz CT molecular complexity index is 552. The van der Waals surface area contributed by atoms with Crippen LogP contribution in [-0.2, 0) is 24.0 Å². The zero-order chi connectivity index (χ0) is 20.4. The van der Waals surface area contributed by atoms with Crippen LogP contribution in [-0.4, -0.2) is 87.5 Å². The van der Waals surface area contributed by atoms with Gasteiger partial charge in [-0.1, -0.05) is 0 Å². The number of carbonyl (C=O) groups excluding carboxylic acids is 3. The van der Waals surface area contributed by atoms with Crippen LogP contribution in [0.15, 0.2) is 0 Å². The van der Waals surface area contributed by atoms with E-state index in [0.29, 0.717) is 0 Å². The van der Waals surface area contributed by atoms with Crippen molar-refractivity contribution in [3.8, 4) is 0 Å². The number of hydrogen-bond donors (Lipinski definition) is 8. The minimum absolute atomic E-state index is 0.725. The third kappa shape index (κ3) is 8.36. The first-order chi connectivity index (χ1) is 12.0. The molecule has 0 aliphatic heterocycles. The largest absolute Gasteiger partial charge is 0.481 e. The molecule has 0 heterocycles. The average molecular weight is 378 g/mol. The first-order valence-electron chi connectivity index (χ1n) is 7.36. The fourth-order valence-corrected chi connectivity index (χ4v) is 1.59. The Morgan fingerprint density at radius 3 is 2.00 bits per heavy atom. The lowest BCUT2D eigenvalue weighted by atomic mass is 10.1. The second kappa shape index (κ2) is 11.0. The van der Waals surface area contributed by atoms with Gasteiger partial charge in [0, 0.05) is 0 Å². The summed E-state index contributed by atoms with van der Waals surface area (Å²) in [6, 6.07) is -4.49. The van der Waals surface area contributed by atoms with Gasteiger partial charge in [0.2, 0.25) is 17.7 Å². The Labute approximate surface area is 147 Å². The monoisotopic (exact) mass is 378 g/mol. The third-order valence-electron chi connectivity index (χ3n) is 3.07. The summed E-state index contributed by atoms with van der Waals surface area (Å²) in [6.07, 6.45) is -2.06. The van der Waals surface area contributed by atoms with Crippen molar-refractivity contribution in [1.29, 1.82) is 0 Å². The van der Waals surface area contributed by atoms with Crippen molar-refractivity contribution in [1.82, 2.24) is 16.0 Å². The molecule has 0 aromatic rings. The van der Waals surface area contributed by atoms with Crippen molar-refractivity contribution in [2.75, 3.05) is 13.2 Å². The van der Waals surface area contributed by atoms with Gasteiger partial charge in [-0.25, -0.2) is 4.79 Å². The molecular formula is C13H22N4O9. The van der Waals surface area contributed by atoms with Crippen molar-refractivity contribution >= 4 is 29.7 Å². The SMILES string of the molecule is CC(O)C(N)C(=O)NC(CO)C(=O)NCC(=O)NC(CC(=O)O)C(=O)O. The van der Waals surface area contributed by atoms with Gasteiger partial charge in [-0.2, -0.15) is 0 Å². The van der Waals surface area contributed by atoms with Gasteiger partial charge in [-0.15, -0.1) is 0 Å². The molecule has 0 saturated heterocycles. The van der Waals surface area contributed by atoms with E-state index in [2.05, 4.69) is 5.32 Å². The molecule has 13 nitrogen and oxygen atoms in total. The lowest BCUT2D eigenvalue weighted by molar-refractivity contribution is -0.147. The van der Waals surface area contributed by atoms with Crippen molar-refractivity contribution in [3.63, 3.8) is 0 Å². The molecule has 4 atom stereocenters. The summed E-state index contributed by atoms with van der Waals surface area (Å²) in [5, 5.41) is 41.7. The molecule has 0 aliphatic rings. The molecule has 0 bridgehead atoms. The van der Waals surface area contributed by atoms with E-state index in [1.807, 2.05) is 10.6 Å². The van der Waals surface area contributed by atoms with E-state index in [9.17, 15) is 29.1 Å². The maximum atomic E-state index is 11.8. The van der Waals surface area contributed by atoms with E-state index in [-0.39, 0.29) is 0 Å². The number of rotatable bonds is 11. The molecule has 0 aliphatic carbocycles. The van der Waals surface area contributed by atoms with Crippen LogP contribution in [0.25, 0.3) is 0 Å². The van der Waals surface area contributed by atoms with Crippen LogP contribution in [0.2, 0.25) is 0 Å². The van der Waals surface area contributed by atoms with Crippen LogP contribution < -0.4 is 21.7 Å². The third-order valence-corrected chi connectivity index (χ3v) is 3.07. The second-order valence-corrected chi connectivity index (χ2v) is 5.28. The van der Waals surface area contributed by atoms with Gasteiger partial charge in [0.1, 0.15) is 18.1 Å². The van der Waals surface area contributed by atoms with Crippen LogP contribution in [0.1, 0.15) is 13.3 Å². The molecule has 0 aromatic carbocycles. The lowest BCUT2D eigenvalue weighted by Gasteiger charge is -2.20. The second-order valence-electron chi connectivity index (χ2n) is 5.28. The van der Waals surface area contributed by atoms with E-state index in [1.54, 1.807) is 0 Å². The highest BCUT2D eigenvalue weighted by Gasteiger charge is 2.27. The van der Waals surface area contributed by atoms with Gasteiger partial charge in [-0.05, 0) is 6.92 Å². The Morgan fingerprint density at radius 1 is 1.00 bits per heavy atom. The first-order valence-corrected chi connectivity index (χ1v) is 7.36. The van der Waals surface area contributed by atoms with Gasteiger partial charge in [0.05, 0.1) is 25.7 Å². The summed E-state index contributed by atoms with van der Waals surface area (Å²) in [7, 11) is 0. The summed E-state index contributed by atoms with van der Waals surface area (Å²) >= 11 is 0. The van der Waals surface area contributed by atoms with Gasteiger partial charge in [-0.3, -0.25) is 19.2 Å². The highest BCUT2D eigenvalue weighted by molar-refractivity contribution is 5.93. The predicted molar refractivity (Wildman–Crippen MR) is 83.5 cm³/mol. The smallest absolute Gasteiger partial charge is 0.326 e. The summed E-state index contributed by atoms with van der Waals surface area (Å²) in [4.78, 5) is 56.4. The van der Waals surface area contributed by atoms with Crippen LogP contribution >= 0.6 is 0 Å². The van der Waals surface area contributed by atoms with Gasteiger partial charge in [0.25, 0.3) is 0 Å². The normalized spacial score (nSPS) is 15.1. The molecule has 0 saturated carbocycles. The molecule has 0 aromatic heterocycles. The van der Waals surface area contributed by atoms with Crippen LogP contribution in [0.3, 0.4) is 0 Å².